The van der Waals surface area contributed by atoms with E-state index in [1.54, 1.807) is 24.5 Å². The van der Waals surface area contributed by atoms with Gasteiger partial charge in [0.1, 0.15) is 28.8 Å². The molecule has 7 unspecified atom stereocenters. The van der Waals surface area contributed by atoms with Crippen LogP contribution in [0, 0.1) is 35.0 Å². The molecule has 7 atom stereocenters. The Labute approximate surface area is 246 Å². The van der Waals surface area contributed by atoms with E-state index in [0.29, 0.717) is 17.1 Å². The average Bonchev–Trinajstić information content (AvgIpc) is 3.87. The maximum Gasteiger partial charge on any atom is 0.345 e. The number of carbonyl (C=O) groups is 2. The Morgan fingerprint density at radius 1 is 1.05 bits per heavy atom. The lowest BCUT2D eigenvalue weighted by molar-refractivity contribution is -0.208. The number of rotatable bonds is 4. The summed E-state index contributed by atoms with van der Waals surface area (Å²) >= 11 is 0. The van der Waals surface area contributed by atoms with Crippen LogP contribution in [0.25, 0.3) is 11.3 Å². The minimum absolute atomic E-state index is 0.0417. The second-order valence-electron chi connectivity index (χ2n) is 13.4. The van der Waals surface area contributed by atoms with Crippen molar-refractivity contribution in [2.75, 3.05) is 7.11 Å². The van der Waals surface area contributed by atoms with Crippen molar-refractivity contribution in [1.29, 1.82) is 0 Å². The topological polar surface area (TPSA) is 125 Å². The van der Waals surface area contributed by atoms with Crippen molar-refractivity contribution in [2.24, 2.45) is 35.0 Å². The molecular weight excluding hydrogens is 538 g/mol. The largest absolute Gasteiger partial charge is 0.486 e. The Bertz CT molecular complexity index is 1400. The quantitative estimate of drug-likeness (QED) is 0.484. The van der Waals surface area contributed by atoms with Gasteiger partial charge in [-0.15, -0.1) is 0 Å². The first-order valence-electron chi connectivity index (χ1n) is 15.3. The van der Waals surface area contributed by atoms with E-state index in [1.165, 1.54) is 7.11 Å². The van der Waals surface area contributed by atoms with Crippen LogP contribution < -0.4 is 10.4 Å². The number of nitrogens with zero attached hydrogens (tertiary/aromatic N) is 1. The number of carbonyl (C=O) groups excluding carboxylic acids is 2. The summed E-state index contributed by atoms with van der Waals surface area (Å²) in [7, 11) is 1.43. The lowest BCUT2D eigenvalue weighted by Gasteiger charge is -2.62. The molecule has 0 amide bonds. The third-order valence-electron chi connectivity index (χ3n) is 10.5. The molecule has 5 aliphatic rings. The third-order valence-corrected chi connectivity index (χ3v) is 10.5. The Hall–Kier alpha value is -3.20. The van der Waals surface area contributed by atoms with Crippen molar-refractivity contribution in [2.45, 2.75) is 89.9 Å². The van der Waals surface area contributed by atoms with Crippen LogP contribution in [-0.4, -0.2) is 40.8 Å². The number of fused-ring (bicyclic) bond motifs is 4. The summed E-state index contributed by atoms with van der Waals surface area (Å²) in [6.45, 7) is 6.46. The van der Waals surface area contributed by atoms with Crippen molar-refractivity contribution in [3.8, 4) is 17.1 Å². The molecule has 2 aromatic rings. The summed E-state index contributed by atoms with van der Waals surface area (Å²) in [5, 5.41) is 11.7. The molecular formula is C33H41NO8. The maximum atomic E-state index is 13.1. The van der Waals surface area contributed by atoms with E-state index in [2.05, 4.69) is 30.5 Å². The number of ether oxygens (including phenoxy) is 3. The van der Waals surface area contributed by atoms with Gasteiger partial charge in [-0.1, -0.05) is 13.8 Å². The number of esters is 2. The predicted octanol–water partition coefficient (Wildman–Crippen LogP) is 5.24. The van der Waals surface area contributed by atoms with Crippen molar-refractivity contribution in [3.63, 3.8) is 0 Å². The molecule has 1 aliphatic heterocycles. The smallest absolute Gasteiger partial charge is 0.345 e. The molecule has 226 valence electrons. The number of aliphatic hydroxyl groups is 1. The summed E-state index contributed by atoms with van der Waals surface area (Å²) in [5.74, 6) is 1.19. The molecule has 9 heteroatoms. The minimum atomic E-state index is -0.992. The molecule has 0 aromatic carbocycles. The van der Waals surface area contributed by atoms with Gasteiger partial charge in [0.15, 0.2) is 0 Å². The first-order chi connectivity index (χ1) is 20.1. The summed E-state index contributed by atoms with van der Waals surface area (Å²) in [6, 6.07) is 5.32. The van der Waals surface area contributed by atoms with Gasteiger partial charge in [0, 0.05) is 29.9 Å². The maximum absolute atomic E-state index is 13.1. The van der Waals surface area contributed by atoms with E-state index >= 15 is 0 Å². The third kappa shape index (κ3) is 5.14. The molecule has 3 heterocycles. The zero-order valence-corrected chi connectivity index (χ0v) is 24.8. The van der Waals surface area contributed by atoms with Crippen molar-refractivity contribution < 1.29 is 33.3 Å². The molecule has 42 heavy (non-hydrogen) atoms. The first kappa shape index (κ1) is 28.9. The minimum Gasteiger partial charge on any atom is -0.486 e. The molecule has 7 rings (SSSR count). The van der Waals surface area contributed by atoms with Crippen LogP contribution in [0.2, 0.25) is 0 Å². The fourth-order valence-corrected chi connectivity index (χ4v) is 7.96. The standard InChI is InChI=1S/C28H33NO6.C5H8O2/c1-15-18-8-11-28(3)24(27(18,2)10-9-19(15)33-25(31)16-6-7-16)23(30)22-21(35-28)13-20(34-26(22)32)17-5-4-12-29-14-17;1-7-5(6)4-2-3-4/h4-5,12-16,18-19,23-24,30H,6-11H2,1-3H3;4H,2-3H2,1H3. The molecule has 4 saturated carbocycles. The lowest BCUT2D eigenvalue weighted by atomic mass is 9.47. The monoisotopic (exact) mass is 579 g/mol. The van der Waals surface area contributed by atoms with E-state index in [1.807, 2.05) is 6.07 Å². The summed E-state index contributed by atoms with van der Waals surface area (Å²) in [6.07, 6.45) is 9.40. The number of hydrogen-bond acceptors (Lipinski definition) is 9. The zero-order valence-electron chi connectivity index (χ0n) is 24.8. The SMILES string of the molecule is CC1C(OC(=O)C2CC2)CCC2(C)C1CCC1(C)Oc3cc(-c4cccnc4)oc(=O)c3C(O)C12.COC(=O)C1CC1. The predicted molar refractivity (Wildman–Crippen MR) is 152 cm³/mol. The number of aliphatic hydroxyl groups excluding tert-OH is 1. The van der Waals surface area contributed by atoms with Crippen LogP contribution in [0.15, 0.2) is 39.8 Å². The van der Waals surface area contributed by atoms with Crippen LogP contribution in [-0.2, 0) is 19.1 Å². The van der Waals surface area contributed by atoms with Gasteiger partial charge in [0.25, 0.3) is 0 Å². The van der Waals surface area contributed by atoms with E-state index in [9.17, 15) is 19.5 Å². The Morgan fingerprint density at radius 3 is 2.38 bits per heavy atom. The van der Waals surface area contributed by atoms with Crippen LogP contribution in [0.5, 0.6) is 5.75 Å². The van der Waals surface area contributed by atoms with Crippen LogP contribution >= 0.6 is 0 Å². The van der Waals surface area contributed by atoms with Crippen LogP contribution in [0.4, 0.5) is 0 Å². The Morgan fingerprint density at radius 2 is 1.76 bits per heavy atom. The Balaban J connectivity index is 0.000000397. The fourth-order valence-electron chi connectivity index (χ4n) is 7.96. The number of hydrogen-bond donors (Lipinski definition) is 1. The average molecular weight is 580 g/mol. The van der Waals surface area contributed by atoms with Gasteiger partial charge < -0.3 is 23.7 Å². The molecule has 9 nitrogen and oxygen atoms in total. The molecule has 0 saturated heterocycles. The second-order valence-corrected chi connectivity index (χ2v) is 13.4. The van der Waals surface area contributed by atoms with E-state index in [0.717, 1.165) is 51.4 Å². The van der Waals surface area contributed by atoms with Crippen LogP contribution in [0.1, 0.15) is 83.8 Å². The van der Waals surface area contributed by atoms with Gasteiger partial charge in [-0.2, -0.15) is 0 Å². The number of pyridine rings is 1. The molecule has 0 bridgehead atoms. The van der Waals surface area contributed by atoms with Gasteiger partial charge >= 0.3 is 17.6 Å². The summed E-state index contributed by atoms with van der Waals surface area (Å²) in [5.41, 5.74) is -0.560. The molecule has 2 aromatic heterocycles. The highest BCUT2D eigenvalue weighted by Crippen LogP contribution is 2.64. The van der Waals surface area contributed by atoms with Crippen molar-refractivity contribution >= 4 is 11.9 Å². The molecule has 1 N–H and O–H groups in total. The van der Waals surface area contributed by atoms with E-state index < -0.39 is 17.3 Å². The summed E-state index contributed by atoms with van der Waals surface area (Å²) < 4.78 is 22.6. The van der Waals surface area contributed by atoms with E-state index in [4.69, 9.17) is 13.9 Å². The van der Waals surface area contributed by atoms with Gasteiger partial charge in [0.05, 0.1) is 25.0 Å². The number of methoxy groups -OCH3 is 1. The molecule has 0 radical (unpaired) electrons. The van der Waals surface area contributed by atoms with E-state index in [-0.39, 0.29) is 58.6 Å². The normalized spacial score (nSPS) is 34.7. The second kappa shape index (κ2) is 10.8. The highest BCUT2D eigenvalue weighted by molar-refractivity contribution is 5.75. The molecule has 0 spiro atoms. The highest BCUT2D eigenvalue weighted by atomic mass is 16.5. The Kier molecular flexibility index (Phi) is 7.44. The number of aromatic nitrogens is 1. The lowest BCUT2D eigenvalue weighted by Crippen LogP contribution is -2.63. The van der Waals surface area contributed by atoms with Gasteiger partial charge in [-0.25, -0.2) is 4.79 Å². The van der Waals surface area contributed by atoms with Crippen LogP contribution in [0.3, 0.4) is 0 Å². The van der Waals surface area contributed by atoms with Gasteiger partial charge in [0.2, 0.25) is 0 Å². The molecule has 4 fully saturated rings. The highest BCUT2D eigenvalue weighted by Gasteiger charge is 2.63. The molecule has 4 aliphatic carbocycles. The van der Waals surface area contributed by atoms with Gasteiger partial charge in [-0.05, 0) is 87.7 Å². The fraction of sp³-hybridized carbons (Fsp3) is 0.636. The first-order valence-corrected chi connectivity index (χ1v) is 15.3. The van der Waals surface area contributed by atoms with Crippen molar-refractivity contribution in [1.82, 2.24) is 4.98 Å². The zero-order chi connectivity index (χ0) is 29.8. The van der Waals surface area contributed by atoms with Gasteiger partial charge in [-0.3, -0.25) is 14.6 Å². The van der Waals surface area contributed by atoms with Crippen molar-refractivity contribution in [3.05, 3.63) is 46.6 Å². The summed E-state index contributed by atoms with van der Waals surface area (Å²) in [4.78, 5) is 40.0.